The van der Waals surface area contributed by atoms with Crippen LogP contribution in [0.1, 0.15) is 0 Å². The van der Waals surface area contributed by atoms with Gasteiger partial charge in [0.1, 0.15) is 18.2 Å². The third-order valence-corrected chi connectivity index (χ3v) is 3.87. The van der Waals surface area contributed by atoms with E-state index >= 15 is 0 Å². The van der Waals surface area contributed by atoms with Gasteiger partial charge in [0.05, 0.1) is 18.8 Å². The Hall–Kier alpha value is -2.08. The van der Waals surface area contributed by atoms with Crippen LogP contribution in [0.15, 0.2) is 46.9 Å². The van der Waals surface area contributed by atoms with Crippen LogP contribution < -0.4 is 15.0 Å². The summed E-state index contributed by atoms with van der Waals surface area (Å²) in [5.74, 6) is 0.00195. The Morgan fingerprint density at radius 2 is 2.05 bits per heavy atom. The van der Waals surface area contributed by atoms with Gasteiger partial charge in [-0.15, -0.1) is 0 Å². The second-order valence-electron chi connectivity index (χ2n) is 4.94. The number of ether oxygens (including phenoxy) is 1. The van der Waals surface area contributed by atoms with Crippen LogP contribution in [0.4, 0.5) is 15.8 Å². The molecule has 0 saturated heterocycles. The van der Waals surface area contributed by atoms with Crippen LogP contribution in [0.25, 0.3) is 0 Å². The maximum atomic E-state index is 13.2. The molecule has 0 spiro atoms. The van der Waals surface area contributed by atoms with E-state index in [4.69, 9.17) is 4.74 Å². The van der Waals surface area contributed by atoms with E-state index in [0.717, 1.165) is 15.8 Å². The van der Waals surface area contributed by atoms with E-state index in [2.05, 4.69) is 21.2 Å². The monoisotopic (exact) mass is 364 g/mol. The van der Waals surface area contributed by atoms with Gasteiger partial charge in [0.25, 0.3) is 0 Å². The molecule has 2 aromatic rings. The highest BCUT2D eigenvalue weighted by Gasteiger charge is 2.20. The van der Waals surface area contributed by atoms with Crippen LogP contribution in [-0.2, 0) is 4.79 Å². The Labute approximate surface area is 136 Å². The predicted octanol–water partition coefficient (Wildman–Crippen LogP) is 3.43. The standard InChI is InChI=1S/C16H14BrFN2O2/c17-11-1-4-13(5-2-11)19-16(21)10-20-7-8-22-15-9-12(18)3-6-14(15)20/h1-6,9H,7-8,10H2,(H,19,21). The molecule has 0 saturated carbocycles. The zero-order valence-electron chi connectivity index (χ0n) is 11.7. The van der Waals surface area contributed by atoms with Gasteiger partial charge in [-0.05, 0) is 36.4 Å². The van der Waals surface area contributed by atoms with E-state index in [1.807, 2.05) is 29.2 Å². The normalized spacial score (nSPS) is 13.3. The summed E-state index contributed by atoms with van der Waals surface area (Å²) in [4.78, 5) is 14.0. The molecule has 0 radical (unpaired) electrons. The van der Waals surface area contributed by atoms with Gasteiger partial charge in [0.2, 0.25) is 5.91 Å². The molecule has 1 amide bonds. The second-order valence-corrected chi connectivity index (χ2v) is 5.85. The van der Waals surface area contributed by atoms with Gasteiger partial charge in [-0.2, -0.15) is 0 Å². The number of halogens is 2. The number of rotatable bonds is 3. The van der Waals surface area contributed by atoms with Crippen LogP contribution in [0, 0.1) is 5.82 Å². The number of carbonyl (C=O) groups is 1. The first kappa shape index (κ1) is 14.8. The van der Waals surface area contributed by atoms with Crippen molar-refractivity contribution in [3.05, 3.63) is 52.8 Å². The van der Waals surface area contributed by atoms with Crippen molar-refractivity contribution in [2.24, 2.45) is 0 Å². The predicted molar refractivity (Wildman–Crippen MR) is 86.9 cm³/mol. The van der Waals surface area contributed by atoms with Crippen molar-refractivity contribution in [1.82, 2.24) is 0 Å². The van der Waals surface area contributed by atoms with Gasteiger partial charge in [-0.1, -0.05) is 15.9 Å². The molecular weight excluding hydrogens is 351 g/mol. The fraction of sp³-hybridized carbons (Fsp3) is 0.188. The molecule has 0 atom stereocenters. The van der Waals surface area contributed by atoms with Crippen molar-refractivity contribution >= 4 is 33.2 Å². The molecule has 1 aliphatic heterocycles. The largest absolute Gasteiger partial charge is 0.489 e. The number of nitrogens with zero attached hydrogens (tertiary/aromatic N) is 1. The summed E-state index contributed by atoms with van der Waals surface area (Å²) in [6.07, 6.45) is 0. The topological polar surface area (TPSA) is 41.6 Å². The van der Waals surface area contributed by atoms with Crippen LogP contribution in [-0.4, -0.2) is 25.6 Å². The van der Waals surface area contributed by atoms with Crippen molar-refractivity contribution in [3.63, 3.8) is 0 Å². The Morgan fingerprint density at radius 1 is 1.27 bits per heavy atom. The van der Waals surface area contributed by atoms with Gasteiger partial charge in [0.15, 0.2) is 0 Å². The Balaban J connectivity index is 1.69. The number of fused-ring (bicyclic) bond motifs is 1. The lowest BCUT2D eigenvalue weighted by Crippen LogP contribution is -2.38. The third kappa shape index (κ3) is 3.39. The fourth-order valence-electron chi connectivity index (χ4n) is 2.32. The van der Waals surface area contributed by atoms with Crippen molar-refractivity contribution in [1.29, 1.82) is 0 Å². The Kier molecular flexibility index (Phi) is 4.29. The maximum Gasteiger partial charge on any atom is 0.243 e. The van der Waals surface area contributed by atoms with Crippen LogP contribution in [0.3, 0.4) is 0 Å². The molecular formula is C16H14BrFN2O2. The summed E-state index contributed by atoms with van der Waals surface area (Å²) in [7, 11) is 0. The van der Waals surface area contributed by atoms with E-state index in [0.29, 0.717) is 18.9 Å². The van der Waals surface area contributed by atoms with Gasteiger partial charge < -0.3 is 15.0 Å². The molecule has 6 heteroatoms. The summed E-state index contributed by atoms with van der Waals surface area (Å²) < 4.78 is 19.6. The van der Waals surface area contributed by atoms with E-state index in [1.165, 1.54) is 12.1 Å². The number of carbonyl (C=O) groups excluding carboxylic acids is 1. The number of nitrogens with one attached hydrogen (secondary N) is 1. The first-order valence-corrected chi connectivity index (χ1v) is 7.64. The highest BCUT2D eigenvalue weighted by molar-refractivity contribution is 9.10. The zero-order valence-corrected chi connectivity index (χ0v) is 13.3. The van der Waals surface area contributed by atoms with Crippen molar-refractivity contribution < 1.29 is 13.9 Å². The minimum Gasteiger partial charge on any atom is -0.489 e. The highest BCUT2D eigenvalue weighted by atomic mass is 79.9. The van der Waals surface area contributed by atoms with Crippen LogP contribution >= 0.6 is 15.9 Å². The minimum absolute atomic E-state index is 0.125. The molecule has 3 rings (SSSR count). The van der Waals surface area contributed by atoms with Gasteiger partial charge in [-0.25, -0.2) is 4.39 Å². The number of benzene rings is 2. The first-order valence-electron chi connectivity index (χ1n) is 6.84. The van der Waals surface area contributed by atoms with Gasteiger partial charge in [-0.3, -0.25) is 4.79 Å². The Morgan fingerprint density at radius 3 is 2.82 bits per heavy atom. The lowest BCUT2D eigenvalue weighted by Gasteiger charge is -2.30. The van der Waals surface area contributed by atoms with Crippen molar-refractivity contribution in [2.45, 2.75) is 0 Å². The molecule has 0 aromatic heterocycles. The fourth-order valence-corrected chi connectivity index (χ4v) is 2.59. The van der Waals surface area contributed by atoms with Crippen LogP contribution in [0.2, 0.25) is 0 Å². The number of amides is 1. The van der Waals surface area contributed by atoms with E-state index in [-0.39, 0.29) is 18.3 Å². The van der Waals surface area contributed by atoms with Gasteiger partial charge >= 0.3 is 0 Å². The minimum atomic E-state index is -0.347. The van der Waals surface area contributed by atoms with Crippen molar-refractivity contribution in [3.8, 4) is 5.75 Å². The van der Waals surface area contributed by atoms with E-state index in [1.54, 1.807) is 6.07 Å². The summed E-state index contributed by atoms with van der Waals surface area (Å²) >= 11 is 3.35. The molecule has 0 bridgehead atoms. The zero-order chi connectivity index (χ0) is 15.5. The molecule has 1 aliphatic rings. The lowest BCUT2D eigenvalue weighted by molar-refractivity contribution is -0.115. The molecule has 0 unspecified atom stereocenters. The summed E-state index contributed by atoms with van der Waals surface area (Å²) in [5.41, 5.74) is 1.47. The second kappa shape index (κ2) is 6.36. The molecule has 1 N–H and O–H groups in total. The molecule has 0 aliphatic carbocycles. The molecule has 22 heavy (non-hydrogen) atoms. The molecule has 4 nitrogen and oxygen atoms in total. The SMILES string of the molecule is O=C(CN1CCOc2cc(F)ccc21)Nc1ccc(Br)cc1. The smallest absolute Gasteiger partial charge is 0.243 e. The number of anilines is 2. The molecule has 1 heterocycles. The summed E-state index contributed by atoms with van der Waals surface area (Å²) in [5, 5.41) is 2.84. The van der Waals surface area contributed by atoms with Crippen LogP contribution in [0.5, 0.6) is 5.75 Å². The summed E-state index contributed by atoms with van der Waals surface area (Å²) in [6, 6.07) is 11.7. The number of hydrogen-bond donors (Lipinski definition) is 1. The molecule has 0 fully saturated rings. The van der Waals surface area contributed by atoms with E-state index in [9.17, 15) is 9.18 Å². The quantitative estimate of drug-likeness (QED) is 0.906. The average Bonchev–Trinajstić information content (AvgIpc) is 2.49. The maximum absolute atomic E-state index is 13.2. The van der Waals surface area contributed by atoms with Gasteiger partial charge in [0, 0.05) is 16.2 Å². The third-order valence-electron chi connectivity index (χ3n) is 3.34. The summed E-state index contributed by atoms with van der Waals surface area (Å²) in [6.45, 7) is 1.21. The molecule has 2 aromatic carbocycles. The Bertz CT molecular complexity index is 691. The van der Waals surface area contributed by atoms with E-state index < -0.39 is 0 Å². The highest BCUT2D eigenvalue weighted by Crippen LogP contribution is 2.31. The molecule has 114 valence electrons. The number of hydrogen-bond acceptors (Lipinski definition) is 3. The average molecular weight is 365 g/mol. The first-order chi connectivity index (χ1) is 10.6. The lowest BCUT2D eigenvalue weighted by atomic mass is 10.2. The van der Waals surface area contributed by atoms with Crippen molar-refractivity contribution in [2.75, 3.05) is 29.9 Å².